The summed E-state index contributed by atoms with van der Waals surface area (Å²) in [5.41, 5.74) is 2.89. The number of aromatic nitrogens is 1. The van der Waals surface area contributed by atoms with Gasteiger partial charge in [0.25, 0.3) is 0 Å². The highest BCUT2D eigenvalue weighted by Crippen LogP contribution is 2.32. The molecule has 0 amide bonds. The Kier molecular flexibility index (Phi) is 4.78. The Morgan fingerprint density at radius 1 is 1.39 bits per heavy atom. The number of aromatic carboxylic acids is 1. The fraction of sp³-hybridized carbons (Fsp3) is 0.444. The third-order valence-corrected chi connectivity index (χ3v) is 5.73. The molecule has 1 aromatic heterocycles. The van der Waals surface area contributed by atoms with Gasteiger partial charge >= 0.3 is 5.97 Å². The van der Waals surface area contributed by atoms with Crippen molar-refractivity contribution in [2.75, 3.05) is 6.54 Å². The van der Waals surface area contributed by atoms with Crippen molar-refractivity contribution in [3.8, 4) is 10.6 Å². The van der Waals surface area contributed by atoms with Crippen LogP contribution in [0.2, 0.25) is 0 Å². The molecule has 122 valence electrons. The highest BCUT2D eigenvalue weighted by atomic mass is 32.1. The highest BCUT2D eigenvalue weighted by molar-refractivity contribution is 7.17. The molecule has 1 aliphatic heterocycles. The minimum atomic E-state index is -0.895. The molecule has 1 unspecified atom stereocenters. The zero-order valence-corrected chi connectivity index (χ0v) is 14.4. The molecular formula is C18H22N2O2S. The normalized spacial score (nSPS) is 19.0. The standard InChI is InChI=1S/C18H22N2O2S/c1-12-7-5-6-10-20(12)11-14-8-3-4-9-15(14)17-19-13(2)16(23-17)18(21)22/h3-4,8-9,12H,5-7,10-11H2,1-2H3,(H,21,22). The third kappa shape index (κ3) is 3.46. The Labute approximate surface area is 140 Å². The molecule has 23 heavy (non-hydrogen) atoms. The predicted octanol–water partition coefficient (Wildman–Crippen LogP) is 4.19. The zero-order valence-electron chi connectivity index (χ0n) is 13.6. The Morgan fingerprint density at radius 2 is 2.17 bits per heavy atom. The van der Waals surface area contributed by atoms with Crippen molar-refractivity contribution in [1.82, 2.24) is 9.88 Å². The molecule has 0 saturated carbocycles. The predicted molar refractivity (Wildman–Crippen MR) is 93.0 cm³/mol. The average Bonchev–Trinajstić information content (AvgIpc) is 2.92. The molecule has 1 aromatic carbocycles. The van der Waals surface area contributed by atoms with Crippen molar-refractivity contribution < 1.29 is 9.90 Å². The number of carboxylic acid groups (broad SMARTS) is 1. The van der Waals surface area contributed by atoms with E-state index in [4.69, 9.17) is 0 Å². The van der Waals surface area contributed by atoms with Crippen LogP contribution in [0.4, 0.5) is 0 Å². The Bertz CT molecular complexity index is 711. The van der Waals surface area contributed by atoms with Crippen LogP contribution >= 0.6 is 11.3 Å². The zero-order chi connectivity index (χ0) is 16.4. The van der Waals surface area contributed by atoms with Crippen LogP contribution in [0.15, 0.2) is 24.3 Å². The lowest BCUT2D eigenvalue weighted by atomic mass is 10.0. The summed E-state index contributed by atoms with van der Waals surface area (Å²) in [6.07, 6.45) is 3.82. The number of hydrogen-bond acceptors (Lipinski definition) is 4. The van der Waals surface area contributed by atoms with Crippen LogP contribution in [-0.2, 0) is 6.54 Å². The minimum absolute atomic E-state index is 0.334. The van der Waals surface area contributed by atoms with Gasteiger partial charge in [-0.15, -0.1) is 11.3 Å². The smallest absolute Gasteiger partial charge is 0.347 e. The van der Waals surface area contributed by atoms with E-state index in [0.29, 0.717) is 16.6 Å². The first-order valence-electron chi connectivity index (χ1n) is 8.09. The second kappa shape index (κ2) is 6.81. The van der Waals surface area contributed by atoms with Crippen LogP contribution in [0.1, 0.15) is 47.1 Å². The number of piperidine rings is 1. The van der Waals surface area contributed by atoms with E-state index in [0.717, 1.165) is 23.7 Å². The van der Waals surface area contributed by atoms with Crippen molar-refractivity contribution in [3.05, 3.63) is 40.4 Å². The molecule has 1 saturated heterocycles. The number of carbonyl (C=O) groups is 1. The van der Waals surface area contributed by atoms with Gasteiger partial charge in [-0.1, -0.05) is 30.7 Å². The van der Waals surface area contributed by atoms with E-state index in [-0.39, 0.29) is 0 Å². The summed E-state index contributed by atoms with van der Waals surface area (Å²) in [4.78, 5) is 18.6. The summed E-state index contributed by atoms with van der Waals surface area (Å²) in [5, 5.41) is 10.1. The van der Waals surface area contributed by atoms with Crippen molar-refractivity contribution >= 4 is 17.3 Å². The average molecular weight is 330 g/mol. The molecule has 0 aliphatic carbocycles. The van der Waals surface area contributed by atoms with Crippen LogP contribution < -0.4 is 0 Å². The van der Waals surface area contributed by atoms with Crippen LogP contribution in [0.5, 0.6) is 0 Å². The molecule has 2 heterocycles. The van der Waals surface area contributed by atoms with E-state index < -0.39 is 5.97 Å². The molecule has 1 atom stereocenters. The Hall–Kier alpha value is -1.72. The molecule has 0 spiro atoms. The van der Waals surface area contributed by atoms with E-state index in [1.807, 2.05) is 18.2 Å². The van der Waals surface area contributed by atoms with Crippen molar-refractivity contribution in [2.45, 2.75) is 45.7 Å². The molecule has 2 aromatic rings. The van der Waals surface area contributed by atoms with Crippen LogP contribution in [-0.4, -0.2) is 33.5 Å². The third-order valence-electron chi connectivity index (χ3n) is 4.55. The summed E-state index contributed by atoms with van der Waals surface area (Å²) < 4.78 is 0. The number of rotatable bonds is 4. The first-order valence-corrected chi connectivity index (χ1v) is 8.91. The first kappa shape index (κ1) is 16.1. The summed E-state index contributed by atoms with van der Waals surface area (Å²) in [6, 6.07) is 8.83. The number of likely N-dealkylation sites (tertiary alicyclic amines) is 1. The van der Waals surface area contributed by atoms with E-state index >= 15 is 0 Å². The second-order valence-electron chi connectivity index (χ2n) is 6.21. The minimum Gasteiger partial charge on any atom is -0.477 e. The van der Waals surface area contributed by atoms with Gasteiger partial charge in [0, 0.05) is 18.2 Å². The number of carboxylic acids is 1. The number of thiazole rings is 1. The highest BCUT2D eigenvalue weighted by Gasteiger charge is 2.21. The summed E-state index contributed by atoms with van der Waals surface area (Å²) in [6.45, 7) is 6.09. The summed E-state index contributed by atoms with van der Waals surface area (Å²) in [7, 11) is 0. The lowest BCUT2D eigenvalue weighted by Crippen LogP contribution is -2.36. The van der Waals surface area contributed by atoms with Crippen molar-refractivity contribution in [1.29, 1.82) is 0 Å². The first-order chi connectivity index (χ1) is 11.1. The summed E-state index contributed by atoms with van der Waals surface area (Å²) >= 11 is 1.27. The maximum Gasteiger partial charge on any atom is 0.347 e. The van der Waals surface area contributed by atoms with Crippen LogP contribution in [0.3, 0.4) is 0 Å². The fourth-order valence-corrected chi connectivity index (χ4v) is 4.15. The van der Waals surface area contributed by atoms with Gasteiger partial charge in [0.2, 0.25) is 0 Å². The Balaban J connectivity index is 1.91. The molecule has 1 N–H and O–H groups in total. The van der Waals surface area contributed by atoms with Gasteiger partial charge in [-0.05, 0) is 38.8 Å². The van der Waals surface area contributed by atoms with Gasteiger partial charge in [0.15, 0.2) is 0 Å². The lowest BCUT2D eigenvalue weighted by molar-refractivity contribution is 0.0701. The second-order valence-corrected chi connectivity index (χ2v) is 7.21. The number of hydrogen-bond donors (Lipinski definition) is 1. The van der Waals surface area contributed by atoms with E-state index in [1.54, 1.807) is 6.92 Å². The molecule has 0 radical (unpaired) electrons. The number of aryl methyl sites for hydroxylation is 1. The van der Waals surface area contributed by atoms with E-state index in [2.05, 4.69) is 22.9 Å². The summed E-state index contributed by atoms with van der Waals surface area (Å²) in [5.74, 6) is -0.895. The molecule has 5 heteroatoms. The molecule has 0 bridgehead atoms. The van der Waals surface area contributed by atoms with Gasteiger partial charge in [0.1, 0.15) is 9.88 Å². The van der Waals surface area contributed by atoms with Gasteiger partial charge in [-0.25, -0.2) is 9.78 Å². The van der Waals surface area contributed by atoms with E-state index in [9.17, 15) is 9.90 Å². The maximum absolute atomic E-state index is 11.3. The lowest BCUT2D eigenvalue weighted by Gasteiger charge is -2.33. The van der Waals surface area contributed by atoms with Gasteiger partial charge in [-0.3, -0.25) is 4.90 Å². The van der Waals surface area contributed by atoms with Gasteiger partial charge in [0.05, 0.1) is 5.69 Å². The maximum atomic E-state index is 11.3. The van der Waals surface area contributed by atoms with Crippen LogP contribution in [0, 0.1) is 6.92 Å². The van der Waals surface area contributed by atoms with Crippen LogP contribution in [0.25, 0.3) is 10.6 Å². The molecule has 3 rings (SSSR count). The number of nitrogens with zero attached hydrogens (tertiary/aromatic N) is 2. The largest absolute Gasteiger partial charge is 0.477 e. The monoisotopic (exact) mass is 330 g/mol. The quantitative estimate of drug-likeness (QED) is 0.913. The fourth-order valence-electron chi connectivity index (χ4n) is 3.19. The number of benzene rings is 1. The molecule has 4 nitrogen and oxygen atoms in total. The van der Waals surface area contributed by atoms with Crippen molar-refractivity contribution in [3.63, 3.8) is 0 Å². The topological polar surface area (TPSA) is 53.4 Å². The van der Waals surface area contributed by atoms with Crippen molar-refractivity contribution in [2.24, 2.45) is 0 Å². The van der Waals surface area contributed by atoms with Gasteiger partial charge in [-0.2, -0.15) is 0 Å². The van der Waals surface area contributed by atoms with Gasteiger partial charge < -0.3 is 5.11 Å². The Morgan fingerprint density at radius 3 is 2.87 bits per heavy atom. The SMILES string of the molecule is Cc1nc(-c2ccccc2CN2CCCCC2C)sc1C(=O)O. The molecule has 1 aliphatic rings. The molecular weight excluding hydrogens is 308 g/mol. The van der Waals surface area contributed by atoms with E-state index in [1.165, 1.54) is 36.2 Å². The molecule has 1 fully saturated rings.